The second-order valence-electron chi connectivity index (χ2n) is 7.06. The van der Waals surface area contributed by atoms with E-state index in [1.54, 1.807) is 42.5 Å². The number of carbonyl (C=O) groups is 1. The number of aryl methyl sites for hydroxylation is 2. The maximum Gasteiger partial charge on any atom is 0.343 e. The van der Waals surface area contributed by atoms with Gasteiger partial charge in [-0.15, -0.1) is 0 Å². The number of anilines is 2. The van der Waals surface area contributed by atoms with Crippen LogP contribution >= 0.6 is 0 Å². The Kier molecular flexibility index (Phi) is 4.88. The van der Waals surface area contributed by atoms with E-state index < -0.39 is 16.1 Å². The van der Waals surface area contributed by atoms with E-state index in [0.717, 1.165) is 27.4 Å². The van der Waals surface area contributed by atoms with Gasteiger partial charge in [-0.25, -0.2) is 13.2 Å². The molecule has 0 aromatic heterocycles. The van der Waals surface area contributed by atoms with Crippen LogP contribution in [-0.2, 0) is 23.0 Å². The summed E-state index contributed by atoms with van der Waals surface area (Å²) in [5, 5.41) is 0. The monoisotopic (exact) mass is 406 g/mol. The number of urea groups is 1. The Morgan fingerprint density at radius 2 is 1.62 bits per heavy atom. The fourth-order valence-electron chi connectivity index (χ4n) is 3.57. The fourth-order valence-corrected chi connectivity index (χ4v) is 5.16. The SMILES string of the molecule is CCc1cccc(N2C(=O)N(Cc3ccccc3C)c3ccccc3S2(=O)=O)c1. The first-order valence-electron chi connectivity index (χ1n) is 9.53. The van der Waals surface area contributed by atoms with E-state index in [1.165, 1.54) is 4.90 Å². The van der Waals surface area contributed by atoms with Crippen LogP contribution in [0, 0.1) is 6.92 Å². The highest BCUT2D eigenvalue weighted by molar-refractivity contribution is 7.94. The summed E-state index contributed by atoms with van der Waals surface area (Å²) >= 11 is 0. The van der Waals surface area contributed by atoms with Gasteiger partial charge in [0.15, 0.2) is 0 Å². The van der Waals surface area contributed by atoms with Crippen LogP contribution < -0.4 is 9.21 Å². The van der Waals surface area contributed by atoms with Gasteiger partial charge < -0.3 is 0 Å². The third kappa shape index (κ3) is 3.29. The summed E-state index contributed by atoms with van der Waals surface area (Å²) in [4.78, 5) is 15.2. The minimum absolute atomic E-state index is 0.134. The number of rotatable bonds is 4. The zero-order chi connectivity index (χ0) is 20.6. The molecule has 2 amide bonds. The Morgan fingerprint density at radius 1 is 0.897 bits per heavy atom. The molecule has 0 aliphatic carbocycles. The van der Waals surface area contributed by atoms with E-state index in [2.05, 4.69) is 0 Å². The van der Waals surface area contributed by atoms with Gasteiger partial charge >= 0.3 is 6.03 Å². The second-order valence-corrected chi connectivity index (χ2v) is 8.81. The first kappa shape index (κ1) is 19.2. The molecule has 0 spiro atoms. The van der Waals surface area contributed by atoms with Gasteiger partial charge in [-0.1, -0.05) is 55.5 Å². The zero-order valence-corrected chi connectivity index (χ0v) is 17.2. The lowest BCUT2D eigenvalue weighted by Gasteiger charge is -2.36. The molecule has 0 bridgehead atoms. The standard InChI is InChI=1S/C23H22N2O3S/c1-3-18-10-8-12-20(15-18)25-23(26)24(16-19-11-5-4-9-17(19)2)21-13-6-7-14-22(21)29(25,27)28/h4-15H,3,16H2,1-2H3. The highest BCUT2D eigenvalue weighted by Gasteiger charge is 2.42. The Morgan fingerprint density at radius 3 is 2.38 bits per heavy atom. The van der Waals surface area contributed by atoms with Crippen LogP contribution in [0.3, 0.4) is 0 Å². The summed E-state index contributed by atoms with van der Waals surface area (Å²) in [6.45, 7) is 4.27. The van der Waals surface area contributed by atoms with E-state index in [-0.39, 0.29) is 4.90 Å². The molecular formula is C23H22N2O3S. The van der Waals surface area contributed by atoms with E-state index in [9.17, 15) is 13.2 Å². The molecule has 148 valence electrons. The highest BCUT2D eigenvalue weighted by Crippen LogP contribution is 2.38. The average Bonchev–Trinajstić information content (AvgIpc) is 2.72. The number of carbonyl (C=O) groups excluding carboxylic acids is 1. The Balaban J connectivity index is 1.88. The molecule has 0 atom stereocenters. The summed E-state index contributed by atoms with van der Waals surface area (Å²) in [5.74, 6) is 0. The number of nitrogens with zero attached hydrogens (tertiary/aromatic N) is 2. The number of sulfonamides is 1. The van der Waals surface area contributed by atoms with Crippen molar-refractivity contribution in [3.63, 3.8) is 0 Å². The van der Waals surface area contributed by atoms with Crippen LogP contribution in [0.1, 0.15) is 23.6 Å². The Bertz CT molecular complexity index is 1190. The number of hydrogen-bond donors (Lipinski definition) is 0. The predicted octanol–water partition coefficient (Wildman–Crippen LogP) is 4.89. The van der Waals surface area contributed by atoms with Crippen LogP contribution in [0.4, 0.5) is 16.2 Å². The summed E-state index contributed by atoms with van der Waals surface area (Å²) in [7, 11) is -4.00. The van der Waals surface area contributed by atoms with Crippen molar-refractivity contribution in [1.82, 2.24) is 0 Å². The molecule has 1 aliphatic rings. The molecule has 1 aliphatic heterocycles. The molecule has 0 N–H and O–H groups in total. The minimum atomic E-state index is -4.00. The van der Waals surface area contributed by atoms with Gasteiger partial charge in [-0.05, 0) is 54.3 Å². The molecule has 29 heavy (non-hydrogen) atoms. The number of fused-ring (bicyclic) bond motifs is 1. The van der Waals surface area contributed by atoms with Crippen molar-refractivity contribution in [2.45, 2.75) is 31.7 Å². The quantitative estimate of drug-likeness (QED) is 0.620. The molecule has 0 fully saturated rings. The Labute approximate surface area is 171 Å². The minimum Gasteiger partial charge on any atom is -0.287 e. The van der Waals surface area contributed by atoms with Gasteiger partial charge in [0.1, 0.15) is 4.90 Å². The first-order valence-corrected chi connectivity index (χ1v) is 11.0. The van der Waals surface area contributed by atoms with Crippen molar-refractivity contribution >= 4 is 27.4 Å². The smallest absolute Gasteiger partial charge is 0.287 e. The second kappa shape index (κ2) is 7.37. The molecule has 0 unspecified atom stereocenters. The topological polar surface area (TPSA) is 57.7 Å². The van der Waals surface area contributed by atoms with Crippen LogP contribution in [-0.4, -0.2) is 14.4 Å². The molecule has 1 heterocycles. The van der Waals surface area contributed by atoms with E-state index >= 15 is 0 Å². The van der Waals surface area contributed by atoms with Crippen LogP contribution in [0.25, 0.3) is 0 Å². The van der Waals surface area contributed by atoms with Crippen molar-refractivity contribution < 1.29 is 13.2 Å². The first-order chi connectivity index (χ1) is 13.9. The lowest BCUT2D eigenvalue weighted by Crippen LogP contribution is -2.50. The third-order valence-corrected chi connectivity index (χ3v) is 6.97. The largest absolute Gasteiger partial charge is 0.343 e. The lowest BCUT2D eigenvalue weighted by molar-refractivity contribution is 0.253. The predicted molar refractivity (Wildman–Crippen MR) is 115 cm³/mol. The van der Waals surface area contributed by atoms with Crippen molar-refractivity contribution in [2.24, 2.45) is 0 Å². The van der Waals surface area contributed by atoms with Crippen molar-refractivity contribution in [1.29, 1.82) is 0 Å². The van der Waals surface area contributed by atoms with Gasteiger partial charge in [0.05, 0.1) is 17.9 Å². The maximum absolute atomic E-state index is 13.5. The van der Waals surface area contributed by atoms with E-state index in [4.69, 9.17) is 0 Å². The number of para-hydroxylation sites is 1. The normalized spacial score (nSPS) is 15.3. The van der Waals surface area contributed by atoms with Gasteiger partial charge in [-0.3, -0.25) is 4.90 Å². The fraction of sp³-hybridized carbons (Fsp3) is 0.174. The zero-order valence-electron chi connectivity index (χ0n) is 16.4. The van der Waals surface area contributed by atoms with Gasteiger partial charge in [0.25, 0.3) is 10.0 Å². The van der Waals surface area contributed by atoms with Crippen LogP contribution in [0.15, 0.2) is 77.7 Å². The van der Waals surface area contributed by atoms with Crippen molar-refractivity contribution in [3.05, 3.63) is 89.5 Å². The maximum atomic E-state index is 13.5. The molecule has 5 nitrogen and oxygen atoms in total. The lowest BCUT2D eigenvalue weighted by atomic mass is 10.1. The molecule has 0 saturated heterocycles. The summed E-state index contributed by atoms with van der Waals surface area (Å²) < 4.78 is 27.6. The molecule has 3 aromatic carbocycles. The molecule has 3 aromatic rings. The van der Waals surface area contributed by atoms with Gasteiger partial charge in [0.2, 0.25) is 0 Å². The molecular weight excluding hydrogens is 384 g/mol. The number of amides is 2. The van der Waals surface area contributed by atoms with Crippen molar-refractivity contribution in [3.8, 4) is 0 Å². The van der Waals surface area contributed by atoms with E-state index in [1.807, 2.05) is 44.2 Å². The number of hydrogen-bond acceptors (Lipinski definition) is 3. The van der Waals surface area contributed by atoms with Crippen LogP contribution in [0.2, 0.25) is 0 Å². The summed E-state index contributed by atoms with van der Waals surface area (Å²) in [6.07, 6.45) is 0.749. The summed E-state index contributed by atoms with van der Waals surface area (Å²) in [5.41, 5.74) is 3.75. The molecule has 4 rings (SSSR count). The van der Waals surface area contributed by atoms with Crippen molar-refractivity contribution in [2.75, 3.05) is 9.21 Å². The Hall–Kier alpha value is -3.12. The number of benzene rings is 3. The third-order valence-electron chi connectivity index (χ3n) is 5.22. The summed E-state index contributed by atoms with van der Waals surface area (Å²) in [6, 6.07) is 21.0. The molecule has 6 heteroatoms. The van der Waals surface area contributed by atoms with E-state index in [0.29, 0.717) is 17.9 Å². The average molecular weight is 407 g/mol. The van der Waals surface area contributed by atoms with Crippen LogP contribution in [0.5, 0.6) is 0 Å². The molecule has 0 radical (unpaired) electrons. The molecule has 0 saturated carbocycles. The highest BCUT2D eigenvalue weighted by atomic mass is 32.2. The van der Waals surface area contributed by atoms with Gasteiger partial charge in [-0.2, -0.15) is 4.31 Å². The van der Waals surface area contributed by atoms with Gasteiger partial charge in [0, 0.05) is 0 Å².